The van der Waals surface area contributed by atoms with Gasteiger partial charge in [-0.25, -0.2) is 0 Å². The van der Waals surface area contributed by atoms with Crippen molar-refractivity contribution in [2.75, 3.05) is 20.2 Å². The highest BCUT2D eigenvalue weighted by molar-refractivity contribution is 5.98. The zero-order valence-electron chi connectivity index (χ0n) is 20.5. The lowest BCUT2D eigenvalue weighted by Gasteiger charge is -2.36. The van der Waals surface area contributed by atoms with Crippen molar-refractivity contribution in [1.82, 2.24) is 15.5 Å². The molecule has 1 aromatic heterocycles. The number of aryl methyl sites for hydroxylation is 1. The Morgan fingerprint density at radius 1 is 1.03 bits per heavy atom. The number of likely N-dealkylation sites (tertiary alicyclic amines) is 1. The quantitative estimate of drug-likeness (QED) is 0.504. The zero-order chi connectivity index (χ0) is 25.5. The van der Waals surface area contributed by atoms with Crippen LogP contribution in [0.3, 0.4) is 0 Å². The van der Waals surface area contributed by atoms with Crippen LogP contribution in [0.5, 0.6) is 5.75 Å². The smallest absolute Gasteiger partial charge is 0.257 e. The van der Waals surface area contributed by atoms with Crippen LogP contribution in [-0.4, -0.2) is 48.9 Å². The van der Waals surface area contributed by atoms with Crippen LogP contribution in [0.15, 0.2) is 71.3 Å². The molecule has 36 heavy (non-hydrogen) atoms. The maximum atomic E-state index is 13.2. The third kappa shape index (κ3) is 5.94. The third-order valence-electron chi connectivity index (χ3n) is 6.54. The van der Waals surface area contributed by atoms with Gasteiger partial charge in [0.25, 0.3) is 11.8 Å². The molecule has 2 heterocycles. The molecule has 188 valence electrons. The van der Waals surface area contributed by atoms with Crippen LogP contribution in [0.25, 0.3) is 0 Å². The Morgan fingerprint density at radius 2 is 1.75 bits per heavy atom. The molecule has 0 saturated carbocycles. The van der Waals surface area contributed by atoms with E-state index in [-0.39, 0.29) is 30.2 Å². The first kappa shape index (κ1) is 25.0. The summed E-state index contributed by atoms with van der Waals surface area (Å²) in [5.41, 5.74) is 2.05. The molecular weight excluding hydrogens is 458 g/mol. The molecule has 1 unspecified atom stereocenters. The summed E-state index contributed by atoms with van der Waals surface area (Å²) >= 11 is 0. The molecule has 0 aliphatic carbocycles. The van der Waals surface area contributed by atoms with E-state index in [1.165, 1.54) is 0 Å². The van der Waals surface area contributed by atoms with Crippen molar-refractivity contribution >= 4 is 17.7 Å². The van der Waals surface area contributed by atoms with Gasteiger partial charge in [0.05, 0.1) is 25.5 Å². The average Bonchev–Trinajstić information content (AvgIpc) is 3.44. The predicted molar refractivity (Wildman–Crippen MR) is 135 cm³/mol. The minimum atomic E-state index is -0.739. The summed E-state index contributed by atoms with van der Waals surface area (Å²) in [6, 6.07) is 17.2. The minimum Gasteiger partial charge on any atom is -0.496 e. The number of methoxy groups -OCH3 is 1. The Morgan fingerprint density at radius 3 is 2.42 bits per heavy atom. The average molecular weight is 490 g/mol. The predicted octanol–water partition coefficient (Wildman–Crippen LogP) is 3.56. The van der Waals surface area contributed by atoms with Crippen molar-refractivity contribution in [2.24, 2.45) is 5.92 Å². The number of para-hydroxylation sites is 1. The standard InChI is InChI=1S/C28H31N3O5/c1-19-9-11-21(12-10-19)26(32)30-25(27(33)29-18-22-6-5-17-36-22)20-13-15-31(16-14-20)28(34)23-7-3-4-8-24(23)35-2/h3-12,17,20,25H,13-16,18H2,1-2H3,(H,29,33)(H,30,32). The summed E-state index contributed by atoms with van der Waals surface area (Å²) in [7, 11) is 1.54. The lowest BCUT2D eigenvalue weighted by molar-refractivity contribution is -0.124. The molecule has 3 amide bonds. The Hall–Kier alpha value is -4.07. The molecule has 2 N–H and O–H groups in total. The Labute approximate surface area is 210 Å². The molecule has 1 atom stereocenters. The van der Waals surface area contributed by atoms with E-state index in [0.717, 1.165) is 5.56 Å². The van der Waals surface area contributed by atoms with Crippen LogP contribution in [0.4, 0.5) is 0 Å². The highest BCUT2D eigenvalue weighted by Gasteiger charge is 2.34. The monoisotopic (exact) mass is 489 g/mol. The maximum absolute atomic E-state index is 13.2. The summed E-state index contributed by atoms with van der Waals surface area (Å²) in [6.45, 7) is 3.13. The maximum Gasteiger partial charge on any atom is 0.257 e. The number of hydrogen-bond donors (Lipinski definition) is 2. The third-order valence-corrected chi connectivity index (χ3v) is 6.54. The number of carbonyl (C=O) groups is 3. The second kappa shape index (κ2) is 11.6. The number of piperidine rings is 1. The molecule has 2 aromatic carbocycles. The number of hydrogen-bond acceptors (Lipinski definition) is 5. The van der Waals surface area contributed by atoms with Gasteiger partial charge in [-0.15, -0.1) is 0 Å². The van der Waals surface area contributed by atoms with E-state index in [9.17, 15) is 14.4 Å². The molecule has 8 heteroatoms. The highest BCUT2D eigenvalue weighted by atomic mass is 16.5. The fourth-order valence-electron chi connectivity index (χ4n) is 4.45. The fourth-order valence-corrected chi connectivity index (χ4v) is 4.45. The SMILES string of the molecule is COc1ccccc1C(=O)N1CCC(C(NC(=O)c2ccc(C)cc2)C(=O)NCc2ccco2)CC1. The first-order chi connectivity index (χ1) is 17.5. The van der Waals surface area contributed by atoms with Gasteiger partial charge < -0.3 is 24.7 Å². The van der Waals surface area contributed by atoms with E-state index in [0.29, 0.717) is 48.6 Å². The summed E-state index contributed by atoms with van der Waals surface area (Å²) in [5.74, 6) is 0.350. The van der Waals surface area contributed by atoms with Crippen molar-refractivity contribution in [1.29, 1.82) is 0 Å². The molecule has 0 radical (unpaired) electrons. The van der Waals surface area contributed by atoms with Crippen LogP contribution < -0.4 is 15.4 Å². The van der Waals surface area contributed by atoms with E-state index < -0.39 is 6.04 Å². The number of rotatable bonds is 8. The van der Waals surface area contributed by atoms with Crippen LogP contribution in [0.1, 0.15) is 44.9 Å². The summed E-state index contributed by atoms with van der Waals surface area (Å²) < 4.78 is 10.7. The zero-order valence-corrected chi connectivity index (χ0v) is 20.5. The first-order valence-electron chi connectivity index (χ1n) is 12.1. The van der Waals surface area contributed by atoms with E-state index in [2.05, 4.69) is 10.6 Å². The molecular formula is C28H31N3O5. The van der Waals surface area contributed by atoms with Crippen LogP contribution in [-0.2, 0) is 11.3 Å². The topological polar surface area (TPSA) is 101 Å². The molecule has 0 spiro atoms. The molecule has 1 aliphatic rings. The molecule has 1 fully saturated rings. The number of nitrogens with one attached hydrogen (secondary N) is 2. The number of furan rings is 1. The van der Waals surface area contributed by atoms with Crippen molar-refractivity contribution in [2.45, 2.75) is 32.4 Å². The van der Waals surface area contributed by atoms with Crippen molar-refractivity contribution in [3.8, 4) is 5.75 Å². The number of benzene rings is 2. The lowest BCUT2D eigenvalue weighted by atomic mass is 9.88. The van der Waals surface area contributed by atoms with Gasteiger partial charge in [0.15, 0.2) is 0 Å². The van der Waals surface area contributed by atoms with Crippen LogP contribution in [0, 0.1) is 12.8 Å². The van der Waals surface area contributed by atoms with Gasteiger partial charge in [0, 0.05) is 18.7 Å². The largest absolute Gasteiger partial charge is 0.496 e. The lowest BCUT2D eigenvalue weighted by Crippen LogP contribution is -2.53. The summed E-state index contributed by atoms with van der Waals surface area (Å²) in [4.78, 5) is 41.1. The van der Waals surface area contributed by atoms with Gasteiger partial charge in [0.2, 0.25) is 5.91 Å². The van der Waals surface area contributed by atoms with Gasteiger partial charge in [-0.05, 0) is 62.1 Å². The van der Waals surface area contributed by atoms with Gasteiger partial charge in [-0.1, -0.05) is 29.8 Å². The molecule has 4 rings (SSSR count). The van der Waals surface area contributed by atoms with Crippen LogP contribution in [0.2, 0.25) is 0 Å². The van der Waals surface area contributed by atoms with E-state index >= 15 is 0 Å². The van der Waals surface area contributed by atoms with E-state index in [4.69, 9.17) is 9.15 Å². The number of ether oxygens (including phenoxy) is 1. The Bertz CT molecular complexity index is 1180. The summed E-state index contributed by atoms with van der Waals surface area (Å²) in [5, 5.41) is 5.82. The van der Waals surface area contributed by atoms with Gasteiger partial charge in [0.1, 0.15) is 17.6 Å². The van der Waals surface area contributed by atoms with Crippen LogP contribution >= 0.6 is 0 Å². The molecule has 0 bridgehead atoms. The summed E-state index contributed by atoms with van der Waals surface area (Å²) in [6.07, 6.45) is 2.70. The number of carbonyl (C=O) groups excluding carboxylic acids is 3. The van der Waals surface area contributed by atoms with Gasteiger partial charge >= 0.3 is 0 Å². The molecule has 8 nitrogen and oxygen atoms in total. The van der Waals surface area contributed by atoms with E-state index in [1.807, 2.05) is 31.2 Å². The first-order valence-corrected chi connectivity index (χ1v) is 12.1. The van der Waals surface area contributed by atoms with Gasteiger partial charge in [-0.2, -0.15) is 0 Å². The minimum absolute atomic E-state index is 0.103. The second-order valence-electron chi connectivity index (χ2n) is 8.94. The Balaban J connectivity index is 1.45. The van der Waals surface area contributed by atoms with E-state index in [1.54, 1.807) is 54.7 Å². The fraction of sp³-hybridized carbons (Fsp3) is 0.321. The van der Waals surface area contributed by atoms with Crippen molar-refractivity contribution in [3.05, 3.63) is 89.4 Å². The number of nitrogens with zero attached hydrogens (tertiary/aromatic N) is 1. The molecule has 1 aliphatic heterocycles. The highest BCUT2D eigenvalue weighted by Crippen LogP contribution is 2.26. The second-order valence-corrected chi connectivity index (χ2v) is 8.94. The Kier molecular flexibility index (Phi) is 8.05. The van der Waals surface area contributed by atoms with Crippen molar-refractivity contribution < 1.29 is 23.5 Å². The number of amides is 3. The van der Waals surface area contributed by atoms with Crippen molar-refractivity contribution in [3.63, 3.8) is 0 Å². The molecule has 1 saturated heterocycles. The molecule has 3 aromatic rings. The normalized spacial score (nSPS) is 14.7. The van der Waals surface area contributed by atoms with Gasteiger partial charge in [-0.3, -0.25) is 14.4 Å².